The predicted molar refractivity (Wildman–Crippen MR) is 95.4 cm³/mol. The van der Waals surface area contributed by atoms with Crippen molar-refractivity contribution in [2.24, 2.45) is 5.73 Å². The van der Waals surface area contributed by atoms with Crippen molar-refractivity contribution in [3.8, 4) is 28.6 Å². The molecule has 0 saturated heterocycles. The lowest BCUT2D eigenvalue weighted by Crippen LogP contribution is -2.17. The molecular weight excluding hydrogens is 334 g/mol. The number of benzene rings is 2. The van der Waals surface area contributed by atoms with E-state index >= 15 is 0 Å². The minimum atomic E-state index is -0.721. The highest BCUT2D eigenvalue weighted by Crippen LogP contribution is 2.34. The largest absolute Gasteiger partial charge is 0.507 e. The van der Waals surface area contributed by atoms with Crippen molar-refractivity contribution >= 4 is 16.8 Å². The molecule has 0 radical (unpaired) electrons. The third-order valence-electron chi connectivity index (χ3n) is 4.12. The van der Waals surface area contributed by atoms with Crippen LogP contribution in [-0.2, 0) is 0 Å². The molecule has 4 rings (SSSR count). The van der Waals surface area contributed by atoms with Crippen molar-refractivity contribution < 1.29 is 14.6 Å². The lowest BCUT2D eigenvalue weighted by atomic mass is 10.1. The molecule has 8 nitrogen and oxygen atoms in total. The lowest BCUT2D eigenvalue weighted by molar-refractivity contribution is 0.0988. The number of carbonyl (C=O) groups is 1. The lowest BCUT2D eigenvalue weighted by Gasteiger charge is -2.11. The van der Waals surface area contributed by atoms with Gasteiger partial charge in [-0.05, 0) is 36.4 Å². The first-order valence-electron chi connectivity index (χ1n) is 7.78. The summed E-state index contributed by atoms with van der Waals surface area (Å²) in [5, 5.41) is 19.3. The number of primary amides is 1. The standard InChI is InChI=1S/C18H15N5O3/c1-26-12-4-2-11(3-5-12)23-17(21-22-18(23)16(19)25)13-8-10-6-7-20-14(10)9-15(13)24/h2-9,20,24H,1H3,(H2,19,25). The second kappa shape index (κ2) is 5.92. The number of ether oxygens (including phenoxy) is 1. The van der Waals surface area contributed by atoms with Gasteiger partial charge in [-0.3, -0.25) is 9.36 Å². The molecule has 0 spiro atoms. The number of phenolic OH excluding ortho intramolecular Hbond substituents is 1. The Bertz CT molecular complexity index is 1110. The van der Waals surface area contributed by atoms with Gasteiger partial charge in [0.15, 0.2) is 5.82 Å². The van der Waals surface area contributed by atoms with Crippen LogP contribution in [0.5, 0.6) is 11.5 Å². The average Bonchev–Trinajstić information content (AvgIpc) is 3.27. The SMILES string of the molecule is COc1ccc(-n2c(C(N)=O)nnc2-c2cc3cc[nH]c3cc2O)cc1. The summed E-state index contributed by atoms with van der Waals surface area (Å²) in [6.07, 6.45) is 1.77. The molecular formula is C18H15N5O3. The second-order valence-electron chi connectivity index (χ2n) is 5.68. The zero-order chi connectivity index (χ0) is 18.3. The fourth-order valence-electron chi connectivity index (χ4n) is 2.86. The Morgan fingerprint density at radius 1 is 1.19 bits per heavy atom. The number of hydrogen-bond acceptors (Lipinski definition) is 5. The van der Waals surface area contributed by atoms with Crippen molar-refractivity contribution in [1.82, 2.24) is 19.7 Å². The van der Waals surface area contributed by atoms with E-state index in [1.54, 1.807) is 49.7 Å². The fraction of sp³-hybridized carbons (Fsp3) is 0.0556. The van der Waals surface area contributed by atoms with Gasteiger partial charge < -0.3 is 20.6 Å². The highest BCUT2D eigenvalue weighted by Gasteiger charge is 2.21. The number of aromatic nitrogens is 4. The molecule has 0 saturated carbocycles. The van der Waals surface area contributed by atoms with Gasteiger partial charge in [0.25, 0.3) is 5.91 Å². The Hall–Kier alpha value is -3.81. The quantitative estimate of drug-likeness (QED) is 0.522. The average molecular weight is 349 g/mol. The molecule has 0 aliphatic carbocycles. The molecule has 0 aliphatic heterocycles. The van der Waals surface area contributed by atoms with Crippen LogP contribution in [0.2, 0.25) is 0 Å². The smallest absolute Gasteiger partial charge is 0.287 e. The summed E-state index contributed by atoms with van der Waals surface area (Å²) in [7, 11) is 1.57. The first-order valence-corrected chi connectivity index (χ1v) is 7.78. The zero-order valence-corrected chi connectivity index (χ0v) is 13.8. The van der Waals surface area contributed by atoms with Crippen LogP contribution >= 0.6 is 0 Å². The number of amides is 1. The summed E-state index contributed by atoms with van der Waals surface area (Å²) in [4.78, 5) is 14.9. The zero-order valence-electron chi connectivity index (χ0n) is 13.8. The van der Waals surface area contributed by atoms with Gasteiger partial charge in [-0.25, -0.2) is 0 Å². The van der Waals surface area contributed by atoms with E-state index < -0.39 is 5.91 Å². The van der Waals surface area contributed by atoms with Crippen molar-refractivity contribution in [3.63, 3.8) is 0 Å². The molecule has 26 heavy (non-hydrogen) atoms. The molecule has 0 unspecified atom stereocenters. The van der Waals surface area contributed by atoms with Crippen LogP contribution < -0.4 is 10.5 Å². The van der Waals surface area contributed by atoms with Crippen LogP contribution in [0.15, 0.2) is 48.7 Å². The third kappa shape index (κ3) is 2.44. The van der Waals surface area contributed by atoms with Gasteiger partial charge in [0, 0.05) is 28.9 Å². The number of H-pyrrole nitrogens is 1. The third-order valence-corrected chi connectivity index (χ3v) is 4.12. The van der Waals surface area contributed by atoms with Crippen LogP contribution in [-0.4, -0.2) is 37.9 Å². The van der Waals surface area contributed by atoms with Crippen molar-refractivity contribution in [2.75, 3.05) is 7.11 Å². The Morgan fingerprint density at radius 2 is 1.96 bits per heavy atom. The van der Waals surface area contributed by atoms with Crippen LogP contribution in [0.3, 0.4) is 0 Å². The van der Waals surface area contributed by atoms with Crippen LogP contribution in [0.25, 0.3) is 28.0 Å². The fourth-order valence-corrected chi connectivity index (χ4v) is 2.86. The van der Waals surface area contributed by atoms with Gasteiger partial charge in [-0.15, -0.1) is 10.2 Å². The number of nitrogens with two attached hydrogens (primary N) is 1. The number of aromatic hydroxyl groups is 1. The van der Waals surface area contributed by atoms with Gasteiger partial charge in [0.05, 0.1) is 12.7 Å². The number of fused-ring (bicyclic) bond motifs is 1. The maximum atomic E-state index is 11.8. The Kier molecular flexibility index (Phi) is 3.58. The first-order chi connectivity index (χ1) is 12.6. The maximum Gasteiger partial charge on any atom is 0.287 e. The van der Waals surface area contributed by atoms with Gasteiger partial charge >= 0.3 is 0 Å². The van der Waals surface area contributed by atoms with E-state index in [1.807, 2.05) is 6.07 Å². The van der Waals surface area contributed by atoms with E-state index in [1.165, 1.54) is 4.57 Å². The molecule has 1 amide bonds. The van der Waals surface area contributed by atoms with E-state index in [9.17, 15) is 9.90 Å². The Balaban J connectivity index is 1.96. The number of methoxy groups -OCH3 is 1. The summed E-state index contributed by atoms with van der Waals surface area (Å²) < 4.78 is 6.67. The number of aromatic amines is 1. The number of hydrogen-bond donors (Lipinski definition) is 3. The number of carbonyl (C=O) groups excluding carboxylic acids is 1. The van der Waals surface area contributed by atoms with Crippen molar-refractivity contribution in [3.05, 3.63) is 54.5 Å². The van der Waals surface area contributed by atoms with E-state index in [0.29, 0.717) is 22.8 Å². The van der Waals surface area contributed by atoms with E-state index in [-0.39, 0.29) is 11.6 Å². The molecule has 2 aromatic carbocycles. The van der Waals surface area contributed by atoms with E-state index in [0.717, 1.165) is 10.9 Å². The topological polar surface area (TPSA) is 119 Å². The Labute approximate surface area is 147 Å². The molecule has 130 valence electrons. The van der Waals surface area contributed by atoms with E-state index in [4.69, 9.17) is 10.5 Å². The van der Waals surface area contributed by atoms with Crippen molar-refractivity contribution in [2.45, 2.75) is 0 Å². The molecule has 8 heteroatoms. The van der Waals surface area contributed by atoms with Gasteiger partial charge in [0.2, 0.25) is 5.82 Å². The molecule has 0 bridgehead atoms. The summed E-state index contributed by atoms with van der Waals surface area (Å²) in [5.41, 5.74) is 7.30. The number of phenols is 1. The molecule has 0 aliphatic rings. The van der Waals surface area contributed by atoms with Gasteiger partial charge in [-0.1, -0.05) is 0 Å². The highest BCUT2D eigenvalue weighted by molar-refractivity contribution is 5.92. The minimum absolute atomic E-state index is 0.0122. The summed E-state index contributed by atoms with van der Waals surface area (Å²) in [6, 6.07) is 12.3. The second-order valence-corrected chi connectivity index (χ2v) is 5.68. The molecule has 0 fully saturated rings. The van der Waals surface area contributed by atoms with Gasteiger partial charge in [0.1, 0.15) is 11.5 Å². The summed E-state index contributed by atoms with van der Waals surface area (Å²) >= 11 is 0. The Morgan fingerprint density at radius 3 is 2.65 bits per heavy atom. The predicted octanol–water partition coefficient (Wildman–Crippen LogP) is 2.23. The van der Waals surface area contributed by atoms with Crippen LogP contribution in [0.1, 0.15) is 10.6 Å². The number of nitrogens with one attached hydrogen (secondary N) is 1. The van der Waals surface area contributed by atoms with Crippen LogP contribution in [0, 0.1) is 0 Å². The maximum absolute atomic E-state index is 11.8. The van der Waals surface area contributed by atoms with Gasteiger partial charge in [-0.2, -0.15) is 0 Å². The number of rotatable bonds is 4. The minimum Gasteiger partial charge on any atom is -0.507 e. The van der Waals surface area contributed by atoms with E-state index in [2.05, 4.69) is 15.2 Å². The first kappa shape index (κ1) is 15.7. The summed E-state index contributed by atoms with van der Waals surface area (Å²) in [5.74, 6) is 0.240. The monoisotopic (exact) mass is 349 g/mol. The molecule has 4 aromatic rings. The van der Waals surface area contributed by atoms with Crippen LogP contribution in [0.4, 0.5) is 0 Å². The molecule has 0 atom stereocenters. The molecule has 2 heterocycles. The highest BCUT2D eigenvalue weighted by atomic mass is 16.5. The van der Waals surface area contributed by atoms with Crippen molar-refractivity contribution in [1.29, 1.82) is 0 Å². The molecule has 2 aromatic heterocycles. The summed E-state index contributed by atoms with van der Waals surface area (Å²) in [6.45, 7) is 0. The number of nitrogens with zero attached hydrogens (tertiary/aromatic N) is 3. The normalized spacial score (nSPS) is 11.0. The molecule has 4 N–H and O–H groups in total.